The van der Waals surface area contributed by atoms with Gasteiger partial charge in [0.05, 0.1) is 5.92 Å². The zero-order chi connectivity index (χ0) is 10.8. The summed E-state index contributed by atoms with van der Waals surface area (Å²) < 4.78 is 0. The van der Waals surface area contributed by atoms with E-state index in [2.05, 4.69) is 0 Å². The van der Waals surface area contributed by atoms with Gasteiger partial charge in [0.15, 0.2) is 0 Å². The second kappa shape index (κ2) is 3.90. The standard InChI is InChI=1S/C11H14N2O2/c12-10(14)9-6-7-13(11(9)15)8-4-2-1-3-5-8/h1-5,9,11,15H,6-7H2,(H2,12,14). The van der Waals surface area contributed by atoms with Gasteiger partial charge in [0.25, 0.3) is 0 Å². The normalized spacial score (nSPS) is 25.5. The highest BCUT2D eigenvalue weighted by Gasteiger charge is 2.36. The third-order valence-corrected chi connectivity index (χ3v) is 2.81. The highest BCUT2D eigenvalue weighted by atomic mass is 16.3. The minimum absolute atomic E-state index is 0.430. The van der Waals surface area contributed by atoms with Crippen molar-refractivity contribution in [2.45, 2.75) is 12.6 Å². The first kappa shape index (κ1) is 9.98. The van der Waals surface area contributed by atoms with Crippen molar-refractivity contribution in [3.05, 3.63) is 30.3 Å². The lowest BCUT2D eigenvalue weighted by Gasteiger charge is -2.24. The Labute approximate surface area is 88.3 Å². The van der Waals surface area contributed by atoms with Crippen molar-refractivity contribution < 1.29 is 9.90 Å². The summed E-state index contributed by atoms with van der Waals surface area (Å²) in [5.74, 6) is -0.883. The molecule has 80 valence electrons. The summed E-state index contributed by atoms with van der Waals surface area (Å²) in [4.78, 5) is 12.8. The summed E-state index contributed by atoms with van der Waals surface area (Å²) >= 11 is 0. The molecule has 1 heterocycles. The van der Waals surface area contributed by atoms with Crippen LogP contribution in [0.25, 0.3) is 0 Å². The van der Waals surface area contributed by atoms with E-state index < -0.39 is 18.1 Å². The van der Waals surface area contributed by atoms with Gasteiger partial charge in [-0.1, -0.05) is 18.2 Å². The highest BCUT2D eigenvalue weighted by Crippen LogP contribution is 2.27. The Morgan fingerprint density at radius 1 is 1.40 bits per heavy atom. The Bertz CT molecular complexity index is 353. The number of para-hydroxylation sites is 1. The average molecular weight is 206 g/mol. The molecular formula is C11H14N2O2. The number of anilines is 1. The molecular weight excluding hydrogens is 192 g/mol. The molecule has 0 bridgehead atoms. The van der Waals surface area contributed by atoms with Crippen LogP contribution in [0.5, 0.6) is 0 Å². The van der Waals surface area contributed by atoms with Crippen LogP contribution in [0.3, 0.4) is 0 Å². The first-order valence-corrected chi connectivity index (χ1v) is 4.99. The van der Waals surface area contributed by atoms with Crippen molar-refractivity contribution in [2.75, 3.05) is 11.4 Å². The number of nitrogens with two attached hydrogens (primary N) is 1. The van der Waals surface area contributed by atoms with Gasteiger partial charge in [0.2, 0.25) is 5.91 Å². The molecule has 1 aliphatic rings. The molecule has 1 aliphatic heterocycles. The monoisotopic (exact) mass is 206 g/mol. The van der Waals surface area contributed by atoms with Crippen molar-refractivity contribution in [3.8, 4) is 0 Å². The summed E-state index contributed by atoms with van der Waals surface area (Å²) in [6.45, 7) is 0.665. The number of rotatable bonds is 2. The second-order valence-electron chi connectivity index (χ2n) is 3.74. The van der Waals surface area contributed by atoms with Gasteiger partial charge in [-0.25, -0.2) is 0 Å². The van der Waals surface area contributed by atoms with Gasteiger partial charge in [-0.15, -0.1) is 0 Å². The fraction of sp³-hybridized carbons (Fsp3) is 0.364. The predicted octanol–water partition coefficient (Wildman–Crippen LogP) is 0.317. The van der Waals surface area contributed by atoms with Crippen molar-refractivity contribution in [1.82, 2.24) is 0 Å². The van der Waals surface area contributed by atoms with Crippen LogP contribution >= 0.6 is 0 Å². The number of hydrogen-bond donors (Lipinski definition) is 2. The van der Waals surface area contributed by atoms with E-state index in [1.807, 2.05) is 30.3 Å². The van der Waals surface area contributed by atoms with E-state index in [4.69, 9.17) is 5.73 Å². The van der Waals surface area contributed by atoms with E-state index in [-0.39, 0.29) is 0 Å². The SMILES string of the molecule is NC(=O)C1CCN(c2ccccc2)C1O. The van der Waals surface area contributed by atoms with E-state index in [9.17, 15) is 9.90 Å². The molecule has 0 radical (unpaired) electrons. The Hall–Kier alpha value is -1.55. The molecule has 2 atom stereocenters. The van der Waals surface area contributed by atoms with Gasteiger partial charge < -0.3 is 15.7 Å². The molecule has 1 aromatic rings. The molecule has 4 nitrogen and oxygen atoms in total. The molecule has 1 amide bonds. The number of carbonyl (C=O) groups excluding carboxylic acids is 1. The first-order chi connectivity index (χ1) is 7.20. The van der Waals surface area contributed by atoms with E-state index in [0.717, 1.165) is 5.69 Å². The lowest BCUT2D eigenvalue weighted by molar-refractivity contribution is -0.124. The topological polar surface area (TPSA) is 66.6 Å². The van der Waals surface area contributed by atoms with Crippen LogP contribution in [-0.2, 0) is 4.79 Å². The lowest BCUT2D eigenvalue weighted by Crippen LogP contribution is -2.37. The van der Waals surface area contributed by atoms with E-state index >= 15 is 0 Å². The fourth-order valence-corrected chi connectivity index (χ4v) is 1.97. The fourth-order valence-electron chi connectivity index (χ4n) is 1.97. The van der Waals surface area contributed by atoms with Gasteiger partial charge in [0, 0.05) is 12.2 Å². The van der Waals surface area contributed by atoms with E-state index in [0.29, 0.717) is 13.0 Å². The molecule has 2 rings (SSSR count). The van der Waals surface area contributed by atoms with Crippen LogP contribution in [0.4, 0.5) is 5.69 Å². The zero-order valence-electron chi connectivity index (χ0n) is 8.34. The molecule has 0 saturated carbocycles. The van der Waals surface area contributed by atoms with Crippen LogP contribution in [0.15, 0.2) is 30.3 Å². The van der Waals surface area contributed by atoms with Crippen LogP contribution in [0.2, 0.25) is 0 Å². The maximum atomic E-state index is 11.0. The van der Waals surface area contributed by atoms with Gasteiger partial charge in [-0.05, 0) is 18.6 Å². The van der Waals surface area contributed by atoms with Crippen LogP contribution in [0, 0.1) is 5.92 Å². The number of aliphatic hydroxyl groups is 1. The number of amides is 1. The Morgan fingerprint density at radius 2 is 2.07 bits per heavy atom. The molecule has 2 unspecified atom stereocenters. The van der Waals surface area contributed by atoms with Gasteiger partial charge in [0.1, 0.15) is 6.23 Å². The molecule has 1 fully saturated rings. The predicted molar refractivity (Wildman–Crippen MR) is 57.1 cm³/mol. The van der Waals surface area contributed by atoms with Crippen LogP contribution < -0.4 is 10.6 Å². The van der Waals surface area contributed by atoms with Crippen molar-refractivity contribution in [3.63, 3.8) is 0 Å². The minimum atomic E-state index is -0.787. The Balaban J connectivity index is 2.17. The number of aliphatic hydroxyl groups excluding tert-OH is 1. The zero-order valence-corrected chi connectivity index (χ0v) is 8.34. The maximum absolute atomic E-state index is 11.0. The van der Waals surface area contributed by atoms with Crippen molar-refractivity contribution in [1.29, 1.82) is 0 Å². The number of primary amides is 1. The molecule has 3 N–H and O–H groups in total. The van der Waals surface area contributed by atoms with E-state index in [1.54, 1.807) is 4.90 Å². The smallest absolute Gasteiger partial charge is 0.225 e. The Morgan fingerprint density at radius 3 is 2.60 bits per heavy atom. The molecule has 1 saturated heterocycles. The van der Waals surface area contributed by atoms with E-state index in [1.165, 1.54) is 0 Å². The number of carbonyl (C=O) groups is 1. The number of benzene rings is 1. The highest BCUT2D eigenvalue weighted by molar-refractivity contribution is 5.78. The molecule has 0 spiro atoms. The molecule has 0 aliphatic carbocycles. The van der Waals surface area contributed by atoms with Gasteiger partial charge in [-0.3, -0.25) is 4.79 Å². The van der Waals surface area contributed by atoms with Gasteiger partial charge in [-0.2, -0.15) is 0 Å². The van der Waals surface area contributed by atoms with Crippen LogP contribution in [-0.4, -0.2) is 23.8 Å². The first-order valence-electron chi connectivity index (χ1n) is 4.99. The quantitative estimate of drug-likeness (QED) is 0.732. The molecule has 0 aromatic heterocycles. The largest absolute Gasteiger partial charge is 0.373 e. The van der Waals surface area contributed by atoms with Gasteiger partial charge >= 0.3 is 0 Å². The minimum Gasteiger partial charge on any atom is -0.373 e. The summed E-state index contributed by atoms with van der Waals surface area (Å²) in [5, 5.41) is 9.90. The lowest BCUT2D eigenvalue weighted by atomic mass is 10.1. The summed E-state index contributed by atoms with van der Waals surface area (Å²) in [7, 11) is 0. The number of hydrogen-bond acceptors (Lipinski definition) is 3. The summed E-state index contributed by atoms with van der Waals surface area (Å²) in [6.07, 6.45) is -0.171. The number of nitrogens with zero attached hydrogens (tertiary/aromatic N) is 1. The molecule has 4 heteroatoms. The third-order valence-electron chi connectivity index (χ3n) is 2.81. The average Bonchev–Trinajstić information content (AvgIpc) is 2.61. The molecule has 1 aromatic carbocycles. The van der Waals surface area contributed by atoms with Crippen molar-refractivity contribution >= 4 is 11.6 Å². The van der Waals surface area contributed by atoms with Crippen LogP contribution in [0.1, 0.15) is 6.42 Å². The second-order valence-corrected chi connectivity index (χ2v) is 3.74. The van der Waals surface area contributed by atoms with Crippen molar-refractivity contribution in [2.24, 2.45) is 11.7 Å². The summed E-state index contributed by atoms with van der Waals surface area (Å²) in [6, 6.07) is 9.54. The third kappa shape index (κ3) is 1.80. The Kier molecular flexibility index (Phi) is 2.60. The maximum Gasteiger partial charge on any atom is 0.225 e. The molecule has 15 heavy (non-hydrogen) atoms. The summed E-state index contributed by atoms with van der Waals surface area (Å²) in [5.41, 5.74) is 6.13.